The van der Waals surface area contributed by atoms with Crippen LogP contribution in [-0.4, -0.2) is 41.7 Å². The number of sulfone groups is 1. The molecule has 1 aromatic heterocycles. The van der Waals surface area contributed by atoms with Gasteiger partial charge in [-0.3, -0.25) is 10.1 Å². The molecule has 1 saturated carbocycles. The molecule has 200 valence electrons. The number of primary amides is 1. The average molecular weight is 528 g/mol. The maximum Gasteiger partial charge on any atom is 0.239 e. The van der Waals surface area contributed by atoms with E-state index in [4.69, 9.17) is 10.2 Å². The molecule has 1 aliphatic rings. The Morgan fingerprint density at radius 1 is 1.14 bits per heavy atom. The van der Waals surface area contributed by atoms with Crippen LogP contribution < -0.4 is 11.1 Å². The molecule has 0 radical (unpaired) electrons. The van der Waals surface area contributed by atoms with Gasteiger partial charge in [-0.05, 0) is 37.0 Å². The molecule has 9 heteroatoms. The van der Waals surface area contributed by atoms with Crippen LogP contribution in [0.5, 0.6) is 0 Å². The van der Waals surface area contributed by atoms with Crippen molar-refractivity contribution in [3.8, 4) is 0 Å². The third kappa shape index (κ3) is 6.40. The molecule has 4 N–H and O–H groups in total. The van der Waals surface area contributed by atoms with Gasteiger partial charge in [0.15, 0.2) is 15.4 Å². The van der Waals surface area contributed by atoms with E-state index in [-0.39, 0.29) is 17.7 Å². The van der Waals surface area contributed by atoms with Crippen LogP contribution in [0.2, 0.25) is 0 Å². The first kappa shape index (κ1) is 27.3. The van der Waals surface area contributed by atoms with Crippen molar-refractivity contribution in [3.63, 3.8) is 0 Å². The highest BCUT2D eigenvalue weighted by atomic mass is 32.2. The molecule has 37 heavy (non-hydrogen) atoms. The fourth-order valence-electron chi connectivity index (χ4n) is 5.59. The van der Waals surface area contributed by atoms with Gasteiger partial charge in [-0.15, -0.1) is 0 Å². The third-order valence-corrected chi connectivity index (χ3v) is 9.03. The van der Waals surface area contributed by atoms with Crippen LogP contribution in [0.3, 0.4) is 0 Å². The lowest BCUT2D eigenvalue weighted by Gasteiger charge is -2.43. The second kappa shape index (κ2) is 11.8. The molecule has 2 aromatic carbocycles. The monoisotopic (exact) mass is 527 g/mol. The van der Waals surface area contributed by atoms with Gasteiger partial charge in [-0.2, -0.15) is 0 Å². The Bertz CT molecular complexity index is 1250. The topological polar surface area (TPSA) is 136 Å². The van der Waals surface area contributed by atoms with E-state index in [1.807, 2.05) is 25.1 Å². The predicted molar refractivity (Wildman–Crippen MR) is 143 cm³/mol. The van der Waals surface area contributed by atoms with Crippen LogP contribution in [0, 0.1) is 5.92 Å². The molecule has 1 aliphatic carbocycles. The second-order valence-electron chi connectivity index (χ2n) is 10.2. The van der Waals surface area contributed by atoms with Gasteiger partial charge >= 0.3 is 0 Å². The van der Waals surface area contributed by atoms with Crippen LogP contribution >= 0.6 is 0 Å². The number of hydrogen-bond acceptors (Lipinski definition) is 7. The van der Waals surface area contributed by atoms with Gasteiger partial charge in [-0.25, -0.2) is 13.4 Å². The summed E-state index contributed by atoms with van der Waals surface area (Å²) >= 11 is 0. The highest BCUT2D eigenvalue weighted by Gasteiger charge is 2.52. The third-order valence-electron chi connectivity index (χ3n) is 7.36. The van der Waals surface area contributed by atoms with Crippen molar-refractivity contribution in [1.82, 2.24) is 10.3 Å². The Morgan fingerprint density at radius 2 is 1.81 bits per heavy atom. The number of nitrogens with one attached hydrogen (secondary N) is 1. The SMILES string of the molecule is CCC[C@H](C(O)c1nc2ccccc2o1)C(CS(=O)(=O)Cc1ccccc1)(NC1CCCCC1)C(N)=O. The van der Waals surface area contributed by atoms with Crippen molar-refractivity contribution in [2.45, 2.75) is 75.3 Å². The van der Waals surface area contributed by atoms with Crippen molar-refractivity contribution in [3.05, 3.63) is 66.1 Å². The number of carbonyl (C=O) groups excluding carboxylic acids is 1. The van der Waals surface area contributed by atoms with Crippen molar-refractivity contribution >= 4 is 26.8 Å². The van der Waals surface area contributed by atoms with Gasteiger partial charge < -0.3 is 15.3 Å². The molecule has 1 heterocycles. The number of aromatic nitrogens is 1. The summed E-state index contributed by atoms with van der Waals surface area (Å²) in [4.78, 5) is 17.8. The Hall–Kier alpha value is -2.75. The Balaban J connectivity index is 1.76. The fraction of sp³-hybridized carbons (Fsp3) is 0.500. The average Bonchev–Trinajstić information content (AvgIpc) is 3.31. The van der Waals surface area contributed by atoms with Crippen LogP contribution in [0.1, 0.15) is 69.4 Å². The molecule has 3 atom stereocenters. The van der Waals surface area contributed by atoms with Gasteiger partial charge in [-0.1, -0.05) is 75.1 Å². The van der Waals surface area contributed by atoms with E-state index in [0.717, 1.165) is 32.1 Å². The molecular formula is C28H37N3O5S. The number of hydrogen-bond donors (Lipinski definition) is 3. The molecule has 2 unspecified atom stereocenters. The van der Waals surface area contributed by atoms with Crippen LogP contribution in [0.4, 0.5) is 0 Å². The Morgan fingerprint density at radius 3 is 2.46 bits per heavy atom. The van der Waals surface area contributed by atoms with Crippen molar-refractivity contribution in [2.24, 2.45) is 11.7 Å². The molecule has 0 bridgehead atoms. The van der Waals surface area contributed by atoms with Gasteiger partial charge in [0.25, 0.3) is 0 Å². The number of aliphatic hydroxyl groups excluding tert-OH is 1. The second-order valence-corrected chi connectivity index (χ2v) is 12.3. The molecule has 1 amide bonds. The van der Waals surface area contributed by atoms with E-state index >= 15 is 0 Å². The standard InChI is InChI=1S/C28H37N3O5S/c1-2-11-22(25(32)26-30-23-16-9-10-17-24(23)36-26)28(27(29)33,31-21-14-7-4-8-15-21)19-37(34,35)18-20-12-5-3-6-13-20/h3,5-6,9-10,12-13,16-17,21-22,25,31-32H,2,4,7-8,11,14-15,18-19H2,1H3,(H2,29,33)/t22-,25?,28?/m1/s1. The Labute approximate surface area is 218 Å². The minimum absolute atomic E-state index is 0.0520. The number of benzene rings is 2. The maximum atomic E-state index is 13.6. The summed E-state index contributed by atoms with van der Waals surface area (Å²) in [5, 5.41) is 15.0. The largest absolute Gasteiger partial charge is 0.438 e. The zero-order valence-electron chi connectivity index (χ0n) is 21.3. The molecular weight excluding hydrogens is 490 g/mol. The number of amides is 1. The molecule has 0 aliphatic heterocycles. The smallest absolute Gasteiger partial charge is 0.239 e. The maximum absolute atomic E-state index is 13.6. The zero-order valence-corrected chi connectivity index (χ0v) is 22.1. The number of nitrogens with zero attached hydrogens (tertiary/aromatic N) is 1. The van der Waals surface area contributed by atoms with E-state index in [0.29, 0.717) is 29.5 Å². The highest BCUT2D eigenvalue weighted by Crippen LogP contribution is 2.38. The number of para-hydroxylation sites is 2. The number of aliphatic hydroxyl groups is 1. The minimum atomic E-state index is -3.82. The number of fused-ring (bicyclic) bond motifs is 1. The van der Waals surface area contributed by atoms with E-state index in [1.165, 1.54) is 0 Å². The first-order valence-corrected chi connectivity index (χ1v) is 14.9. The summed E-state index contributed by atoms with van der Waals surface area (Å²) in [7, 11) is -3.82. The van der Waals surface area contributed by atoms with E-state index < -0.39 is 39.1 Å². The first-order valence-electron chi connectivity index (χ1n) is 13.1. The van der Waals surface area contributed by atoms with Crippen LogP contribution in [0.25, 0.3) is 11.1 Å². The van der Waals surface area contributed by atoms with E-state index in [1.54, 1.807) is 36.4 Å². The predicted octanol–water partition coefficient (Wildman–Crippen LogP) is 4.04. The summed E-state index contributed by atoms with van der Waals surface area (Å²) in [6.45, 7) is 1.93. The van der Waals surface area contributed by atoms with Gasteiger partial charge in [0.1, 0.15) is 17.2 Å². The fourth-order valence-corrected chi connectivity index (χ4v) is 7.53. The highest BCUT2D eigenvalue weighted by molar-refractivity contribution is 7.90. The lowest BCUT2D eigenvalue weighted by Crippen LogP contribution is -2.67. The number of oxazole rings is 1. The molecule has 1 fully saturated rings. The van der Waals surface area contributed by atoms with Crippen LogP contribution in [0.15, 0.2) is 59.0 Å². The lowest BCUT2D eigenvalue weighted by atomic mass is 9.76. The van der Waals surface area contributed by atoms with Crippen molar-refractivity contribution in [2.75, 3.05) is 5.75 Å². The Kier molecular flexibility index (Phi) is 8.67. The molecule has 0 spiro atoms. The lowest BCUT2D eigenvalue weighted by molar-refractivity contribution is -0.129. The minimum Gasteiger partial charge on any atom is -0.438 e. The zero-order chi connectivity index (χ0) is 26.5. The summed E-state index contributed by atoms with van der Waals surface area (Å²) in [6, 6.07) is 15.9. The quantitative estimate of drug-likeness (QED) is 0.323. The number of rotatable bonds is 12. The van der Waals surface area contributed by atoms with Crippen molar-refractivity contribution < 1.29 is 22.7 Å². The molecule has 3 aromatic rings. The first-order chi connectivity index (χ1) is 17.7. The van der Waals surface area contributed by atoms with Gasteiger partial charge in [0.2, 0.25) is 11.8 Å². The van der Waals surface area contributed by atoms with Gasteiger partial charge in [0, 0.05) is 12.0 Å². The van der Waals surface area contributed by atoms with Gasteiger partial charge in [0.05, 0.1) is 11.5 Å². The summed E-state index contributed by atoms with van der Waals surface area (Å²) in [5.41, 5.74) is 6.10. The summed E-state index contributed by atoms with van der Waals surface area (Å²) in [5.74, 6) is -2.36. The summed E-state index contributed by atoms with van der Waals surface area (Å²) in [6.07, 6.45) is 4.30. The van der Waals surface area contributed by atoms with Crippen LogP contribution in [-0.2, 0) is 20.4 Å². The van der Waals surface area contributed by atoms with E-state index in [9.17, 15) is 18.3 Å². The van der Waals surface area contributed by atoms with Crippen molar-refractivity contribution in [1.29, 1.82) is 0 Å². The molecule has 8 nitrogen and oxygen atoms in total. The normalized spacial score (nSPS) is 18.3. The molecule has 0 saturated heterocycles. The number of carbonyl (C=O) groups is 1. The summed E-state index contributed by atoms with van der Waals surface area (Å²) < 4.78 is 33.1. The number of nitrogens with two attached hydrogens (primary N) is 1. The molecule has 4 rings (SSSR count). The van der Waals surface area contributed by atoms with E-state index in [2.05, 4.69) is 10.3 Å².